The first-order valence-electron chi connectivity index (χ1n) is 11.6. The minimum atomic E-state index is -1.57. The number of ether oxygens (including phenoxy) is 3. The molecule has 11 nitrogen and oxygen atoms in total. The molecule has 0 amide bonds. The standard InChI is InChI=1S/C21H36O11/c22-7-16-17(27)18(28)19(29)21(32-16)31-15-6-10-12(25)4-9(23)5-14(10)30-20(15)8-1-2-11(24)13(26)3-8/h8-29H,1-7H2/p+1/t8?,9?,10?,11?,12?,13?,14?,15?,16-,17+,18+,19+,20?,21-/m0/s1. The van der Waals surface area contributed by atoms with Crippen molar-refractivity contribution < 1.29 is 55.1 Å². The molecule has 0 bridgehead atoms. The summed E-state index contributed by atoms with van der Waals surface area (Å²) in [6.07, 6.45) is -9.17. The van der Waals surface area contributed by atoms with Crippen molar-refractivity contribution in [3.8, 4) is 0 Å². The third-order valence-corrected chi connectivity index (χ3v) is 7.73. The van der Waals surface area contributed by atoms with Gasteiger partial charge < -0.3 is 55.1 Å². The van der Waals surface area contributed by atoms with Gasteiger partial charge in [0.2, 0.25) is 0 Å². The van der Waals surface area contributed by atoms with Crippen LogP contribution in [0.1, 0.15) is 38.5 Å². The molecule has 32 heavy (non-hydrogen) atoms. The van der Waals surface area contributed by atoms with Crippen LogP contribution in [0.15, 0.2) is 0 Å². The molecule has 2 aliphatic heterocycles. The fourth-order valence-electron chi connectivity index (χ4n) is 5.86. The van der Waals surface area contributed by atoms with E-state index < -0.39 is 73.9 Å². The van der Waals surface area contributed by atoms with Gasteiger partial charge in [-0.05, 0) is 25.7 Å². The number of aliphatic hydroxyl groups is 10. The van der Waals surface area contributed by atoms with E-state index in [-0.39, 0.29) is 24.4 Å². The van der Waals surface area contributed by atoms with Crippen LogP contribution in [-0.4, -0.2) is 126 Å². The lowest BCUT2D eigenvalue weighted by Crippen LogP contribution is -2.63. The van der Waals surface area contributed by atoms with Crippen LogP contribution in [-0.2, 0) is 9.47 Å². The molecule has 2 saturated heterocycles. The van der Waals surface area contributed by atoms with Crippen LogP contribution in [0.4, 0.5) is 0 Å². The van der Waals surface area contributed by atoms with E-state index >= 15 is 0 Å². The first-order valence-corrected chi connectivity index (χ1v) is 11.6. The van der Waals surface area contributed by atoms with E-state index in [1.807, 2.05) is 0 Å². The second-order valence-corrected chi connectivity index (χ2v) is 9.88. The van der Waals surface area contributed by atoms with E-state index in [9.17, 15) is 40.9 Å². The van der Waals surface area contributed by atoms with E-state index in [0.29, 0.717) is 32.1 Å². The molecule has 0 aromatic rings. The zero-order valence-corrected chi connectivity index (χ0v) is 17.9. The zero-order valence-electron chi connectivity index (χ0n) is 17.9. The molecule has 14 atom stereocenters. The van der Waals surface area contributed by atoms with Gasteiger partial charge in [-0.2, -0.15) is 0 Å². The summed E-state index contributed by atoms with van der Waals surface area (Å²) in [5, 5.41) is 80.8. The molecule has 0 aromatic carbocycles. The largest absolute Gasteiger partial charge is 0.427 e. The molecule has 2 heterocycles. The Hall–Kier alpha value is -0.440. The molecule has 4 aliphatic rings. The van der Waals surface area contributed by atoms with Crippen LogP contribution in [0, 0.1) is 11.8 Å². The number of hydrogen-bond donors (Lipinski definition) is 8. The van der Waals surface area contributed by atoms with Gasteiger partial charge in [0.05, 0.1) is 36.9 Å². The van der Waals surface area contributed by atoms with Crippen LogP contribution in [0.25, 0.3) is 0 Å². The maximum atomic E-state index is 10.5. The first-order chi connectivity index (χ1) is 15.2. The molecule has 186 valence electrons. The van der Waals surface area contributed by atoms with Crippen molar-refractivity contribution in [3.63, 3.8) is 0 Å². The van der Waals surface area contributed by atoms with Crippen molar-refractivity contribution in [2.24, 2.45) is 11.8 Å². The van der Waals surface area contributed by atoms with Crippen molar-refractivity contribution >= 4 is 0 Å². The van der Waals surface area contributed by atoms with E-state index in [1.165, 1.54) is 0 Å². The molecular formula is C21H37O11+. The lowest BCUT2D eigenvalue weighted by molar-refractivity contribution is -0.356. The van der Waals surface area contributed by atoms with Gasteiger partial charge in [-0.25, -0.2) is 0 Å². The molecule has 0 spiro atoms. The van der Waals surface area contributed by atoms with Gasteiger partial charge in [0.1, 0.15) is 30.5 Å². The lowest BCUT2D eigenvalue weighted by Gasteiger charge is -2.48. The normalized spacial score (nSPS) is 54.8. The number of hydrogen-bond acceptors (Lipinski definition) is 10. The average Bonchev–Trinajstić information content (AvgIpc) is 2.76. The fourth-order valence-corrected chi connectivity index (χ4v) is 5.86. The minimum Gasteiger partial charge on any atom is -0.427 e. The monoisotopic (exact) mass is 465 g/mol. The summed E-state index contributed by atoms with van der Waals surface area (Å²) in [6, 6.07) is 0. The average molecular weight is 466 g/mol. The summed E-state index contributed by atoms with van der Waals surface area (Å²) < 4.78 is 16.5. The van der Waals surface area contributed by atoms with Crippen LogP contribution >= 0.6 is 0 Å². The highest BCUT2D eigenvalue weighted by molar-refractivity contribution is 4.98. The van der Waals surface area contributed by atoms with E-state index in [1.54, 1.807) is 0 Å². The predicted octanol–water partition coefficient (Wildman–Crippen LogP) is -3.51. The van der Waals surface area contributed by atoms with Gasteiger partial charge in [-0.1, -0.05) is 0 Å². The maximum absolute atomic E-state index is 10.5. The van der Waals surface area contributed by atoms with Crippen LogP contribution < -0.4 is 0 Å². The van der Waals surface area contributed by atoms with E-state index in [0.717, 1.165) is 0 Å². The summed E-state index contributed by atoms with van der Waals surface area (Å²) in [7, 11) is 0. The van der Waals surface area contributed by atoms with E-state index in [4.69, 9.17) is 14.2 Å². The van der Waals surface area contributed by atoms with Gasteiger partial charge in [0.25, 0.3) is 0 Å². The minimum absolute atomic E-state index is 0.125. The van der Waals surface area contributed by atoms with Gasteiger partial charge >= 0.3 is 0 Å². The Bertz CT molecular complexity index is 621. The molecule has 0 aromatic heterocycles. The fraction of sp³-hybridized carbons (Fsp3) is 1.00. The Kier molecular flexibility index (Phi) is 7.75. The van der Waals surface area contributed by atoms with Crippen molar-refractivity contribution in [1.29, 1.82) is 0 Å². The van der Waals surface area contributed by atoms with Crippen LogP contribution in [0.5, 0.6) is 0 Å². The Balaban J connectivity index is 1.54. The number of rotatable bonds is 4. The molecule has 11 heteroatoms. The second kappa shape index (κ2) is 10.0. The van der Waals surface area contributed by atoms with Crippen molar-refractivity contribution in [2.45, 2.75) is 112 Å². The molecule has 4 rings (SSSR count). The van der Waals surface area contributed by atoms with Gasteiger partial charge in [0.15, 0.2) is 18.5 Å². The van der Waals surface area contributed by atoms with Crippen LogP contribution in [0.3, 0.4) is 0 Å². The Morgan fingerprint density at radius 3 is 2.22 bits per heavy atom. The van der Waals surface area contributed by atoms with Crippen molar-refractivity contribution in [1.82, 2.24) is 0 Å². The highest BCUT2D eigenvalue weighted by Crippen LogP contribution is 2.42. The molecule has 9 unspecified atom stereocenters. The van der Waals surface area contributed by atoms with Crippen molar-refractivity contribution in [3.05, 3.63) is 0 Å². The Labute approximate surface area is 186 Å². The van der Waals surface area contributed by atoms with Crippen LogP contribution in [0.2, 0.25) is 0 Å². The molecular weight excluding hydrogens is 428 g/mol. The Morgan fingerprint density at radius 1 is 0.781 bits per heavy atom. The maximum Gasteiger partial charge on any atom is 0.187 e. The molecule has 2 saturated carbocycles. The number of aliphatic hydroxyl groups excluding tert-OH is 8. The summed E-state index contributed by atoms with van der Waals surface area (Å²) in [6.45, 7) is -0.572. The van der Waals surface area contributed by atoms with Crippen molar-refractivity contribution in [2.75, 3.05) is 6.61 Å². The molecule has 0 radical (unpaired) electrons. The van der Waals surface area contributed by atoms with Gasteiger partial charge in [0, 0.05) is 18.8 Å². The summed E-state index contributed by atoms with van der Waals surface area (Å²) in [5.74, 6) is -0.385. The van der Waals surface area contributed by atoms with E-state index in [2.05, 4.69) is 0 Å². The molecule has 9 N–H and O–H groups in total. The summed E-state index contributed by atoms with van der Waals surface area (Å²) in [5.41, 5.74) is 0. The number of fused-ring (bicyclic) bond motifs is 1. The second-order valence-electron chi connectivity index (χ2n) is 9.88. The highest BCUT2D eigenvalue weighted by atomic mass is 16.7. The summed E-state index contributed by atoms with van der Waals surface area (Å²) in [4.78, 5) is 0. The third-order valence-electron chi connectivity index (χ3n) is 7.73. The molecule has 4 fully saturated rings. The molecule has 2 aliphatic carbocycles. The lowest BCUT2D eigenvalue weighted by atomic mass is 9.72. The topological polar surface area (TPSA) is 193 Å². The predicted molar refractivity (Wildman–Crippen MR) is 107 cm³/mol. The van der Waals surface area contributed by atoms with Gasteiger partial charge in [-0.3, -0.25) is 0 Å². The quantitative estimate of drug-likeness (QED) is 0.193. The third kappa shape index (κ3) is 4.84. The highest BCUT2D eigenvalue weighted by Gasteiger charge is 2.54. The smallest absolute Gasteiger partial charge is 0.187 e. The Morgan fingerprint density at radius 2 is 1.53 bits per heavy atom. The first kappa shape index (κ1) is 24.7. The zero-order chi connectivity index (χ0) is 23.2. The SMILES string of the molecule is OC[C@@H]1O[C@H](OC2CC3C(O)CC(O)CC3[OH+]C2C2CCC(O)C(O)C2)[C@H](O)[C@H](O)[C@@H]1O. The van der Waals surface area contributed by atoms with Gasteiger partial charge in [-0.15, -0.1) is 0 Å². The summed E-state index contributed by atoms with van der Waals surface area (Å²) >= 11 is 0.